The maximum absolute atomic E-state index is 11.3. The summed E-state index contributed by atoms with van der Waals surface area (Å²) in [5, 5.41) is 11.4. The van der Waals surface area contributed by atoms with Crippen LogP contribution in [0.2, 0.25) is 0 Å². The van der Waals surface area contributed by atoms with Crippen molar-refractivity contribution >= 4 is 15.7 Å². The van der Waals surface area contributed by atoms with Gasteiger partial charge in [0.2, 0.25) is 5.91 Å². The summed E-state index contributed by atoms with van der Waals surface area (Å²) in [4.78, 5) is 11.3. The topological polar surface area (TPSA) is 87.0 Å². The van der Waals surface area contributed by atoms with Gasteiger partial charge < -0.3 is 5.32 Å². The zero-order valence-corrected chi connectivity index (χ0v) is 9.38. The Labute approximate surface area is 89.4 Å². The van der Waals surface area contributed by atoms with Gasteiger partial charge in [-0.05, 0) is 19.3 Å². The second-order valence-electron chi connectivity index (χ2n) is 3.91. The first-order valence-corrected chi connectivity index (χ1v) is 6.85. The molecule has 0 spiro atoms. The molecule has 0 saturated heterocycles. The summed E-state index contributed by atoms with van der Waals surface area (Å²) in [7, 11) is -3.28. The minimum atomic E-state index is -3.28. The molecule has 6 heteroatoms. The van der Waals surface area contributed by atoms with Gasteiger partial charge in [0.1, 0.15) is 5.75 Å². The molecule has 0 aromatic rings. The van der Waals surface area contributed by atoms with Gasteiger partial charge in [0.15, 0.2) is 9.84 Å². The minimum absolute atomic E-state index is 0.173. The zero-order valence-electron chi connectivity index (χ0n) is 8.56. The number of hydrogen-bond donors (Lipinski definition) is 1. The van der Waals surface area contributed by atoms with Crippen LogP contribution in [0.4, 0.5) is 0 Å². The smallest absolute Gasteiger partial charge is 0.235 e. The summed E-state index contributed by atoms with van der Waals surface area (Å²) in [6.45, 7) is 0. The molecule has 1 fully saturated rings. The third kappa shape index (κ3) is 3.88. The molecule has 2 unspecified atom stereocenters. The molecule has 1 aliphatic rings. The largest absolute Gasteiger partial charge is 0.351 e. The third-order valence-corrected chi connectivity index (χ3v) is 3.21. The van der Waals surface area contributed by atoms with Gasteiger partial charge in [-0.2, -0.15) is 5.26 Å². The van der Waals surface area contributed by atoms with E-state index in [4.69, 9.17) is 5.26 Å². The van der Waals surface area contributed by atoms with Gasteiger partial charge in [0.25, 0.3) is 0 Å². The Kier molecular flexibility index (Phi) is 3.69. The Hall–Kier alpha value is -1.09. The molecule has 0 aromatic carbocycles. The van der Waals surface area contributed by atoms with E-state index in [-0.39, 0.29) is 12.0 Å². The van der Waals surface area contributed by atoms with Crippen molar-refractivity contribution in [1.82, 2.24) is 5.32 Å². The Morgan fingerprint density at radius 2 is 2.20 bits per heavy atom. The second-order valence-corrected chi connectivity index (χ2v) is 6.05. The molecule has 15 heavy (non-hydrogen) atoms. The first-order chi connectivity index (χ1) is 6.92. The fourth-order valence-corrected chi connectivity index (χ4v) is 2.33. The van der Waals surface area contributed by atoms with Crippen molar-refractivity contribution in [3.63, 3.8) is 0 Å². The summed E-state index contributed by atoms with van der Waals surface area (Å²) >= 11 is 0. The lowest BCUT2D eigenvalue weighted by Gasteiger charge is -2.14. The maximum Gasteiger partial charge on any atom is 0.235 e. The fourth-order valence-electron chi connectivity index (χ4n) is 1.77. The zero-order chi connectivity index (χ0) is 11.5. The van der Waals surface area contributed by atoms with Crippen molar-refractivity contribution in [3.8, 4) is 6.07 Å². The summed E-state index contributed by atoms with van der Waals surface area (Å²) in [5.41, 5.74) is 0. The lowest BCUT2D eigenvalue weighted by atomic mass is 10.1. The molecule has 0 aromatic heterocycles. The highest BCUT2D eigenvalue weighted by molar-refractivity contribution is 7.91. The van der Waals surface area contributed by atoms with Crippen molar-refractivity contribution in [3.05, 3.63) is 0 Å². The first-order valence-electron chi connectivity index (χ1n) is 4.79. The standard InChI is InChI=1S/C9H14N2O3S/c1-15(13,14)6-9(12)11-8-4-2-3-7(8)5-10/h7-8H,2-4,6H2,1H3,(H,11,12). The Bertz CT molecular complexity index is 383. The Morgan fingerprint density at radius 3 is 2.73 bits per heavy atom. The highest BCUT2D eigenvalue weighted by Crippen LogP contribution is 2.24. The quantitative estimate of drug-likeness (QED) is 0.729. The van der Waals surface area contributed by atoms with Crippen LogP contribution >= 0.6 is 0 Å². The van der Waals surface area contributed by atoms with E-state index in [9.17, 15) is 13.2 Å². The van der Waals surface area contributed by atoms with Gasteiger partial charge in [0, 0.05) is 12.3 Å². The molecule has 1 rings (SSSR count). The second kappa shape index (κ2) is 4.62. The van der Waals surface area contributed by atoms with Crippen molar-refractivity contribution in [2.24, 2.45) is 5.92 Å². The van der Waals surface area contributed by atoms with Crippen molar-refractivity contribution in [2.45, 2.75) is 25.3 Å². The van der Waals surface area contributed by atoms with E-state index in [1.54, 1.807) is 0 Å². The van der Waals surface area contributed by atoms with Crippen molar-refractivity contribution in [1.29, 1.82) is 5.26 Å². The molecule has 0 radical (unpaired) electrons. The first kappa shape index (κ1) is 12.0. The van der Waals surface area contributed by atoms with E-state index in [1.807, 2.05) is 0 Å². The van der Waals surface area contributed by atoms with Crippen molar-refractivity contribution in [2.75, 3.05) is 12.0 Å². The summed E-state index contributed by atoms with van der Waals surface area (Å²) in [6, 6.07) is 1.94. The van der Waals surface area contributed by atoms with Gasteiger partial charge in [-0.15, -0.1) is 0 Å². The predicted molar refractivity (Wildman–Crippen MR) is 54.6 cm³/mol. The summed E-state index contributed by atoms with van der Waals surface area (Å²) < 4.78 is 21.7. The van der Waals surface area contributed by atoms with Crippen LogP contribution in [0.3, 0.4) is 0 Å². The van der Waals surface area contributed by atoms with Crippen molar-refractivity contribution < 1.29 is 13.2 Å². The third-order valence-electron chi connectivity index (χ3n) is 2.42. The molecule has 5 nitrogen and oxygen atoms in total. The average molecular weight is 230 g/mol. The number of nitriles is 1. The van der Waals surface area contributed by atoms with Crippen LogP contribution in [0.15, 0.2) is 0 Å². The number of hydrogen-bond acceptors (Lipinski definition) is 4. The van der Waals surface area contributed by atoms with Gasteiger partial charge in [-0.1, -0.05) is 0 Å². The van der Waals surface area contributed by atoms with E-state index in [1.165, 1.54) is 0 Å². The van der Waals surface area contributed by atoms with Gasteiger partial charge in [-0.25, -0.2) is 8.42 Å². The number of nitrogens with one attached hydrogen (secondary N) is 1. The fraction of sp³-hybridized carbons (Fsp3) is 0.778. The van der Waals surface area contributed by atoms with Gasteiger partial charge in [0.05, 0.1) is 12.0 Å². The number of amides is 1. The molecular formula is C9H14N2O3S. The Balaban J connectivity index is 2.49. The monoisotopic (exact) mass is 230 g/mol. The lowest BCUT2D eigenvalue weighted by Crippen LogP contribution is -2.39. The van der Waals surface area contributed by atoms with Crippen LogP contribution in [0, 0.1) is 17.2 Å². The number of rotatable bonds is 3. The normalized spacial score (nSPS) is 25.9. The molecule has 84 valence electrons. The van der Waals surface area contributed by atoms with Crippen LogP contribution in [0.25, 0.3) is 0 Å². The molecule has 0 aliphatic heterocycles. The molecular weight excluding hydrogens is 216 g/mol. The lowest BCUT2D eigenvalue weighted by molar-refractivity contribution is -0.119. The minimum Gasteiger partial charge on any atom is -0.351 e. The predicted octanol–water partition coefficient (Wildman–Crippen LogP) is -0.161. The number of carbonyl (C=O) groups is 1. The highest BCUT2D eigenvalue weighted by atomic mass is 32.2. The highest BCUT2D eigenvalue weighted by Gasteiger charge is 2.28. The van der Waals surface area contributed by atoms with E-state index in [2.05, 4.69) is 11.4 Å². The molecule has 1 N–H and O–H groups in total. The number of carbonyl (C=O) groups excluding carboxylic acids is 1. The Morgan fingerprint density at radius 1 is 1.53 bits per heavy atom. The average Bonchev–Trinajstić information content (AvgIpc) is 2.48. The van der Waals surface area contributed by atoms with Crippen LogP contribution in [-0.2, 0) is 14.6 Å². The van der Waals surface area contributed by atoms with E-state index < -0.39 is 21.5 Å². The van der Waals surface area contributed by atoms with E-state index in [0.29, 0.717) is 0 Å². The van der Waals surface area contributed by atoms with Crippen LogP contribution in [0.1, 0.15) is 19.3 Å². The molecule has 1 saturated carbocycles. The van der Waals surface area contributed by atoms with Crippen LogP contribution < -0.4 is 5.32 Å². The number of sulfone groups is 1. The van der Waals surface area contributed by atoms with E-state index in [0.717, 1.165) is 25.5 Å². The van der Waals surface area contributed by atoms with E-state index >= 15 is 0 Å². The van der Waals surface area contributed by atoms with Crippen LogP contribution in [0.5, 0.6) is 0 Å². The molecule has 0 heterocycles. The van der Waals surface area contributed by atoms with Gasteiger partial charge in [-0.3, -0.25) is 4.79 Å². The SMILES string of the molecule is CS(=O)(=O)CC(=O)NC1CCCC1C#N. The maximum atomic E-state index is 11.3. The summed E-state index contributed by atoms with van der Waals surface area (Å²) in [6.07, 6.45) is 3.46. The molecule has 0 bridgehead atoms. The number of nitrogens with zero attached hydrogens (tertiary/aromatic N) is 1. The summed E-state index contributed by atoms with van der Waals surface area (Å²) in [5.74, 6) is -1.18. The molecule has 1 amide bonds. The molecule has 1 aliphatic carbocycles. The molecule has 2 atom stereocenters. The van der Waals surface area contributed by atoms with Crippen LogP contribution in [-0.4, -0.2) is 32.4 Å². The van der Waals surface area contributed by atoms with Gasteiger partial charge >= 0.3 is 0 Å².